The molecule has 0 spiro atoms. The van der Waals surface area contributed by atoms with Gasteiger partial charge in [0.15, 0.2) is 5.82 Å². The average Bonchev–Trinajstić information content (AvgIpc) is 3.26. The molecule has 0 fully saturated rings. The monoisotopic (exact) mass is 324 g/mol. The molecule has 124 valence electrons. The molecule has 1 unspecified atom stereocenters. The van der Waals surface area contributed by atoms with Crippen LogP contribution >= 0.6 is 0 Å². The highest BCUT2D eigenvalue weighted by Gasteiger charge is 2.26. The normalized spacial score (nSPS) is 17.0. The maximum absolute atomic E-state index is 9.17. The third-order valence-electron chi connectivity index (χ3n) is 4.43. The maximum Gasteiger partial charge on any atom is 0.181 e. The zero-order valence-corrected chi connectivity index (χ0v) is 13.4. The van der Waals surface area contributed by atoms with Gasteiger partial charge in [-0.3, -0.25) is 0 Å². The lowest BCUT2D eigenvalue weighted by molar-refractivity contribution is 0.274. The molecule has 1 atom stereocenters. The van der Waals surface area contributed by atoms with Crippen molar-refractivity contribution < 1.29 is 5.11 Å². The minimum atomic E-state index is 0.151. The second kappa shape index (κ2) is 6.52. The van der Waals surface area contributed by atoms with Crippen LogP contribution in [0.2, 0.25) is 0 Å². The van der Waals surface area contributed by atoms with Crippen LogP contribution in [-0.4, -0.2) is 41.2 Å². The van der Waals surface area contributed by atoms with Gasteiger partial charge < -0.3 is 5.11 Å². The molecule has 3 heterocycles. The summed E-state index contributed by atoms with van der Waals surface area (Å²) in [5.74, 6) is 3.02. The van der Waals surface area contributed by atoms with Crippen LogP contribution in [0.1, 0.15) is 30.4 Å². The van der Waals surface area contributed by atoms with Crippen molar-refractivity contribution in [3.63, 3.8) is 0 Å². The smallest absolute Gasteiger partial charge is 0.181 e. The van der Waals surface area contributed by atoms with Crippen LogP contribution in [0.15, 0.2) is 36.7 Å². The number of nitrogens with zero attached hydrogens (tertiary/aromatic N) is 6. The lowest BCUT2D eigenvalue weighted by Gasteiger charge is -2.22. The molecule has 1 aliphatic rings. The van der Waals surface area contributed by atoms with Gasteiger partial charge in [0.25, 0.3) is 0 Å². The fourth-order valence-corrected chi connectivity index (χ4v) is 3.20. The third kappa shape index (κ3) is 2.82. The first-order valence-electron chi connectivity index (χ1n) is 8.33. The van der Waals surface area contributed by atoms with E-state index in [1.807, 2.05) is 39.7 Å². The molecule has 1 aromatic carbocycles. The van der Waals surface area contributed by atoms with Crippen molar-refractivity contribution in [3.05, 3.63) is 48.3 Å². The first kappa shape index (κ1) is 15.0. The van der Waals surface area contributed by atoms with Crippen LogP contribution in [-0.2, 0) is 19.5 Å². The largest absolute Gasteiger partial charge is 0.396 e. The van der Waals surface area contributed by atoms with E-state index in [0.29, 0.717) is 13.0 Å². The Balaban J connectivity index is 1.67. The summed E-state index contributed by atoms with van der Waals surface area (Å²) >= 11 is 0. The van der Waals surface area contributed by atoms with E-state index in [0.717, 1.165) is 42.4 Å². The Kier molecular flexibility index (Phi) is 4.08. The average molecular weight is 324 g/mol. The molecule has 1 aliphatic heterocycles. The Labute approximate surface area is 140 Å². The van der Waals surface area contributed by atoms with Crippen LogP contribution in [0.5, 0.6) is 0 Å². The summed E-state index contributed by atoms with van der Waals surface area (Å²) in [7, 11) is 0. The Hall–Kier alpha value is -2.54. The second-order valence-electron chi connectivity index (χ2n) is 6.05. The number of aryl methyl sites for hydroxylation is 2. The number of benzene rings is 1. The summed E-state index contributed by atoms with van der Waals surface area (Å²) in [5, 5.41) is 18.2. The number of hydrogen-bond donors (Lipinski definition) is 1. The summed E-state index contributed by atoms with van der Waals surface area (Å²) in [4.78, 5) is 9.11. The van der Waals surface area contributed by atoms with E-state index in [1.54, 1.807) is 6.33 Å². The topological polar surface area (TPSA) is 81.7 Å². The first-order chi connectivity index (χ1) is 11.8. The molecule has 4 rings (SSSR count). The van der Waals surface area contributed by atoms with Gasteiger partial charge in [0.05, 0.1) is 6.54 Å². The minimum absolute atomic E-state index is 0.151. The van der Waals surface area contributed by atoms with Crippen molar-refractivity contribution in [1.29, 1.82) is 0 Å². The summed E-state index contributed by atoms with van der Waals surface area (Å²) in [6, 6.07) is 10.0. The molecule has 3 aromatic rings. The Bertz CT molecular complexity index is 810. The molecular formula is C17H20N6O. The van der Waals surface area contributed by atoms with Gasteiger partial charge in [0.1, 0.15) is 18.0 Å². The lowest BCUT2D eigenvalue weighted by Crippen LogP contribution is -2.23. The van der Waals surface area contributed by atoms with Gasteiger partial charge >= 0.3 is 0 Å². The molecule has 0 saturated carbocycles. The highest BCUT2D eigenvalue weighted by molar-refractivity contribution is 5.54. The number of aliphatic hydroxyl groups excluding tert-OH is 1. The van der Waals surface area contributed by atoms with Crippen molar-refractivity contribution in [2.75, 3.05) is 6.61 Å². The van der Waals surface area contributed by atoms with E-state index >= 15 is 0 Å². The first-order valence-corrected chi connectivity index (χ1v) is 8.33. The van der Waals surface area contributed by atoms with Gasteiger partial charge in [-0.1, -0.05) is 30.3 Å². The number of rotatable bonds is 5. The number of aliphatic hydroxyl groups is 1. The fourth-order valence-electron chi connectivity index (χ4n) is 3.20. The standard InChI is InChI=1S/C17H20N6O/c24-10-4-9-22-17(14-7-8-15-18-12-19-23(15)11-14)20-16(21-22)13-5-2-1-3-6-13/h1-3,5-6,12,14,24H,4,7-11H2. The molecule has 7 heteroatoms. The van der Waals surface area contributed by atoms with Crippen molar-refractivity contribution in [1.82, 2.24) is 29.5 Å². The predicted molar refractivity (Wildman–Crippen MR) is 88.2 cm³/mol. The zero-order valence-electron chi connectivity index (χ0n) is 13.4. The van der Waals surface area contributed by atoms with Gasteiger partial charge in [0.2, 0.25) is 0 Å². The van der Waals surface area contributed by atoms with E-state index in [4.69, 9.17) is 4.98 Å². The van der Waals surface area contributed by atoms with Crippen molar-refractivity contribution in [2.24, 2.45) is 0 Å². The van der Waals surface area contributed by atoms with E-state index < -0.39 is 0 Å². The highest BCUT2D eigenvalue weighted by Crippen LogP contribution is 2.28. The SMILES string of the molecule is OCCCn1nc(-c2ccccc2)nc1C1CCc2ncnn2C1. The van der Waals surface area contributed by atoms with Gasteiger partial charge in [-0.15, -0.1) is 0 Å². The quantitative estimate of drug-likeness (QED) is 0.772. The predicted octanol–water partition coefficient (Wildman–Crippen LogP) is 1.65. The Morgan fingerprint density at radius 1 is 1.21 bits per heavy atom. The fraction of sp³-hybridized carbons (Fsp3) is 0.412. The van der Waals surface area contributed by atoms with Gasteiger partial charge in [-0.25, -0.2) is 19.3 Å². The third-order valence-corrected chi connectivity index (χ3v) is 4.43. The molecule has 0 radical (unpaired) electrons. The van der Waals surface area contributed by atoms with E-state index in [9.17, 15) is 5.11 Å². The molecule has 0 saturated heterocycles. The van der Waals surface area contributed by atoms with Gasteiger partial charge in [0, 0.05) is 31.1 Å². The molecule has 7 nitrogen and oxygen atoms in total. The van der Waals surface area contributed by atoms with E-state index in [2.05, 4.69) is 15.2 Å². The Morgan fingerprint density at radius 2 is 2.08 bits per heavy atom. The lowest BCUT2D eigenvalue weighted by atomic mass is 9.99. The highest BCUT2D eigenvalue weighted by atomic mass is 16.3. The van der Waals surface area contributed by atoms with E-state index in [1.165, 1.54) is 0 Å². The molecule has 0 bridgehead atoms. The van der Waals surface area contributed by atoms with Crippen molar-refractivity contribution in [2.45, 2.75) is 38.3 Å². The minimum Gasteiger partial charge on any atom is -0.396 e. The molecular weight excluding hydrogens is 304 g/mol. The summed E-state index contributed by atoms with van der Waals surface area (Å²) in [6.45, 7) is 1.60. The molecule has 1 N–H and O–H groups in total. The number of hydrogen-bond acceptors (Lipinski definition) is 5. The van der Waals surface area contributed by atoms with Gasteiger partial charge in [-0.2, -0.15) is 10.2 Å². The molecule has 24 heavy (non-hydrogen) atoms. The van der Waals surface area contributed by atoms with E-state index in [-0.39, 0.29) is 12.5 Å². The van der Waals surface area contributed by atoms with Crippen LogP contribution in [0, 0.1) is 0 Å². The van der Waals surface area contributed by atoms with Crippen molar-refractivity contribution in [3.8, 4) is 11.4 Å². The maximum atomic E-state index is 9.17. The summed E-state index contributed by atoms with van der Waals surface area (Å²) < 4.78 is 3.91. The van der Waals surface area contributed by atoms with Crippen LogP contribution < -0.4 is 0 Å². The number of fused-ring (bicyclic) bond motifs is 1. The van der Waals surface area contributed by atoms with Crippen LogP contribution in [0.25, 0.3) is 11.4 Å². The van der Waals surface area contributed by atoms with Crippen LogP contribution in [0.3, 0.4) is 0 Å². The van der Waals surface area contributed by atoms with Crippen LogP contribution in [0.4, 0.5) is 0 Å². The second-order valence-corrected chi connectivity index (χ2v) is 6.05. The number of aromatic nitrogens is 6. The summed E-state index contributed by atoms with van der Waals surface area (Å²) in [6.07, 6.45) is 4.18. The van der Waals surface area contributed by atoms with Crippen molar-refractivity contribution >= 4 is 0 Å². The zero-order chi connectivity index (χ0) is 16.4. The molecule has 0 amide bonds. The van der Waals surface area contributed by atoms with Gasteiger partial charge in [-0.05, 0) is 12.8 Å². The molecule has 0 aliphatic carbocycles. The Morgan fingerprint density at radius 3 is 2.92 bits per heavy atom. The molecule has 2 aromatic heterocycles. The summed E-state index contributed by atoms with van der Waals surface area (Å²) in [5.41, 5.74) is 1.01.